The van der Waals surface area contributed by atoms with Gasteiger partial charge in [0.1, 0.15) is 24.8 Å². The van der Waals surface area contributed by atoms with Gasteiger partial charge in [-0.1, -0.05) is 32.9 Å². The number of methoxy groups -OCH3 is 1. The Bertz CT molecular complexity index is 1600. The first kappa shape index (κ1) is 29.1. The van der Waals surface area contributed by atoms with E-state index in [9.17, 15) is 4.79 Å². The lowest BCUT2D eigenvalue weighted by atomic mass is 9.84. The van der Waals surface area contributed by atoms with Crippen LogP contribution in [0, 0.1) is 19.3 Å². The number of anilines is 1. The minimum absolute atomic E-state index is 0.0349. The maximum atomic E-state index is 13.9. The highest BCUT2D eigenvalue weighted by Gasteiger charge is 2.31. The molecule has 3 aromatic rings. The van der Waals surface area contributed by atoms with E-state index in [1.165, 1.54) is 11.1 Å². The third-order valence-electron chi connectivity index (χ3n) is 8.77. The highest BCUT2D eigenvalue weighted by atomic mass is 16.5. The zero-order chi connectivity index (χ0) is 30.5. The molecule has 6 rings (SSSR count). The molecule has 226 valence electrons. The number of carbonyl (C=O) groups excluding carboxylic acids is 1. The van der Waals surface area contributed by atoms with Gasteiger partial charge in [-0.2, -0.15) is 0 Å². The van der Waals surface area contributed by atoms with Gasteiger partial charge in [-0.25, -0.2) is 0 Å². The Morgan fingerprint density at radius 3 is 2.14 bits per heavy atom. The number of nitrogens with one attached hydrogen (secondary N) is 1. The summed E-state index contributed by atoms with van der Waals surface area (Å²) < 4.78 is 23.9. The Balaban J connectivity index is 1.25. The molecule has 43 heavy (non-hydrogen) atoms. The molecule has 8 nitrogen and oxygen atoms in total. The van der Waals surface area contributed by atoms with Crippen LogP contribution in [0.2, 0.25) is 0 Å². The first-order valence-electron chi connectivity index (χ1n) is 15.0. The lowest BCUT2D eigenvalue weighted by molar-refractivity contribution is 0.0962. The van der Waals surface area contributed by atoms with Crippen molar-refractivity contribution in [3.05, 3.63) is 80.9 Å². The topological polar surface area (TPSA) is 84.3 Å². The number of fused-ring (bicyclic) bond motifs is 3. The molecule has 0 aliphatic carbocycles. The molecule has 0 aromatic heterocycles. The lowest BCUT2D eigenvalue weighted by Gasteiger charge is -2.33. The van der Waals surface area contributed by atoms with Crippen molar-refractivity contribution in [2.45, 2.75) is 59.8 Å². The first-order valence-corrected chi connectivity index (χ1v) is 15.0. The van der Waals surface area contributed by atoms with Gasteiger partial charge in [0.25, 0.3) is 0 Å². The number of nitrogens with zero attached hydrogens (tertiary/aromatic N) is 2. The van der Waals surface area contributed by atoms with Crippen molar-refractivity contribution in [3.63, 3.8) is 0 Å². The number of ether oxygens (including phenoxy) is 4. The maximum absolute atomic E-state index is 13.9. The van der Waals surface area contributed by atoms with Crippen molar-refractivity contribution in [2.75, 3.05) is 44.9 Å². The lowest BCUT2D eigenvalue weighted by Crippen LogP contribution is -2.37. The summed E-state index contributed by atoms with van der Waals surface area (Å²) in [6.45, 7) is 14.8. The molecule has 0 spiro atoms. The van der Waals surface area contributed by atoms with E-state index in [0.717, 1.165) is 52.3 Å². The number of Topliss-reactive ketones (excluding diaryl/α,β-unsaturated/α-hetero) is 1. The fraction of sp³-hybridized carbons (Fsp3) is 0.429. The Hall–Kier alpha value is -4.04. The van der Waals surface area contributed by atoms with Gasteiger partial charge in [0.2, 0.25) is 0 Å². The van der Waals surface area contributed by atoms with Gasteiger partial charge >= 0.3 is 0 Å². The van der Waals surface area contributed by atoms with Crippen LogP contribution >= 0.6 is 0 Å². The molecule has 0 saturated carbocycles. The van der Waals surface area contributed by atoms with Gasteiger partial charge in [-0.05, 0) is 71.3 Å². The largest absolute Gasteiger partial charge is 0.494 e. The van der Waals surface area contributed by atoms with Crippen LogP contribution in [0.5, 0.6) is 17.2 Å². The summed E-state index contributed by atoms with van der Waals surface area (Å²) >= 11 is 0. The second kappa shape index (κ2) is 11.2. The molecule has 0 unspecified atom stereocenters. The van der Waals surface area contributed by atoms with Crippen molar-refractivity contribution in [2.24, 2.45) is 0 Å². The number of benzene rings is 3. The van der Waals surface area contributed by atoms with Crippen molar-refractivity contribution >= 4 is 17.3 Å². The molecular weight excluding hydrogens is 542 g/mol. The summed E-state index contributed by atoms with van der Waals surface area (Å²) in [7, 11) is 1.69. The van der Waals surface area contributed by atoms with Gasteiger partial charge in [0, 0.05) is 36.3 Å². The number of morpholine rings is 1. The molecule has 8 heteroatoms. The van der Waals surface area contributed by atoms with Crippen LogP contribution in [0.15, 0.2) is 36.4 Å². The van der Waals surface area contributed by atoms with E-state index in [4.69, 9.17) is 24.4 Å². The van der Waals surface area contributed by atoms with Crippen LogP contribution in [0.1, 0.15) is 70.1 Å². The summed E-state index contributed by atoms with van der Waals surface area (Å²) in [5.74, 6) is 2.38. The highest BCUT2D eigenvalue weighted by molar-refractivity contribution is 6.06. The predicted octanol–water partition coefficient (Wildman–Crippen LogP) is 5.94. The van der Waals surface area contributed by atoms with E-state index >= 15 is 0 Å². The van der Waals surface area contributed by atoms with E-state index < -0.39 is 0 Å². The summed E-state index contributed by atoms with van der Waals surface area (Å²) in [6, 6.07) is 12.1. The van der Waals surface area contributed by atoms with Crippen LogP contribution in [0.3, 0.4) is 0 Å². The smallest absolute Gasteiger partial charge is 0.182 e. The van der Waals surface area contributed by atoms with Crippen molar-refractivity contribution < 1.29 is 23.7 Å². The highest BCUT2D eigenvalue weighted by Crippen LogP contribution is 2.41. The zero-order valence-corrected chi connectivity index (χ0v) is 26.1. The van der Waals surface area contributed by atoms with Crippen molar-refractivity contribution in [1.82, 2.24) is 4.90 Å². The van der Waals surface area contributed by atoms with E-state index in [2.05, 4.69) is 51.7 Å². The van der Waals surface area contributed by atoms with Gasteiger partial charge in [-0.3, -0.25) is 10.2 Å². The summed E-state index contributed by atoms with van der Waals surface area (Å²) in [5.41, 5.74) is 8.73. The van der Waals surface area contributed by atoms with Crippen molar-refractivity contribution in [3.8, 4) is 17.2 Å². The molecule has 3 heterocycles. The fourth-order valence-corrected chi connectivity index (χ4v) is 6.13. The molecular formula is C35H41N3O5. The van der Waals surface area contributed by atoms with E-state index in [0.29, 0.717) is 55.9 Å². The molecule has 3 aliphatic rings. The molecule has 1 saturated heterocycles. The molecule has 0 radical (unpaired) electrons. The molecule has 3 aromatic carbocycles. The number of carbonyl (C=O) groups is 1. The monoisotopic (exact) mass is 583 g/mol. The SMILES string of the molecule is COc1c(N2CCOCC2)cc(C(=O)CN2Cc3cc4c(cc3C2=N)OCc2cc(C)c(C)cc2CO4)cc1C(C)(C)C. The van der Waals surface area contributed by atoms with E-state index in [1.54, 1.807) is 7.11 Å². The molecule has 0 amide bonds. The number of rotatable bonds is 5. The molecule has 0 bridgehead atoms. The quantitative estimate of drug-likeness (QED) is 0.372. The number of amidine groups is 1. The third kappa shape index (κ3) is 5.56. The average molecular weight is 584 g/mol. The summed E-state index contributed by atoms with van der Waals surface area (Å²) in [6.07, 6.45) is 0. The Labute approximate surface area is 254 Å². The summed E-state index contributed by atoms with van der Waals surface area (Å²) in [4.78, 5) is 17.9. The second-order valence-corrected chi connectivity index (χ2v) is 12.8. The Morgan fingerprint density at radius 1 is 0.907 bits per heavy atom. The van der Waals surface area contributed by atoms with E-state index in [1.807, 2.05) is 29.2 Å². The minimum atomic E-state index is -0.229. The van der Waals surface area contributed by atoms with Gasteiger partial charge in [0.15, 0.2) is 17.3 Å². The Kier molecular flexibility index (Phi) is 7.59. The van der Waals surface area contributed by atoms with Gasteiger partial charge in [-0.15, -0.1) is 0 Å². The predicted molar refractivity (Wildman–Crippen MR) is 167 cm³/mol. The van der Waals surface area contributed by atoms with Crippen LogP contribution < -0.4 is 19.1 Å². The second-order valence-electron chi connectivity index (χ2n) is 12.8. The average Bonchev–Trinajstić information content (AvgIpc) is 3.28. The number of hydrogen-bond donors (Lipinski definition) is 1. The maximum Gasteiger partial charge on any atom is 0.182 e. The minimum Gasteiger partial charge on any atom is -0.494 e. The number of ketones is 1. The van der Waals surface area contributed by atoms with E-state index in [-0.39, 0.29) is 17.7 Å². The van der Waals surface area contributed by atoms with Crippen LogP contribution in [-0.2, 0) is 29.9 Å². The van der Waals surface area contributed by atoms with Crippen molar-refractivity contribution in [1.29, 1.82) is 5.41 Å². The number of aryl methyl sites for hydroxylation is 2. The van der Waals surface area contributed by atoms with Crippen LogP contribution in [-0.4, -0.2) is 56.5 Å². The fourth-order valence-electron chi connectivity index (χ4n) is 6.13. The molecule has 1 N–H and O–H groups in total. The third-order valence-corrected chi connectivity index (χ3v) is 8.77. The molecule has 3 aliphatic heterocycles. The standard InChI is InChI=1S/C35H41N3O5/c1-21-11-25-19-42-31-15-24-17-38(34(36)27(24)16-32(31)43-20-26(25)12-22(21)2)18-30(39)23-13-28(35(3,4)5)33(40-6)29(14-23)37-7-9-41-10-8-37/h11-16,36H,7-10,17-20H2,1-6H3. The Morgan fingerprint density at radius 2 is 1.53 bits per heavy atom. The first-order chi connectivity index (χ1) is 20.5. The number of hydrogen-bond acceptors (Lipinski definition) is 7. The van der Waals surface area contributed by atoms with Gasteiger partial charge < -0.3 is 28.7 Å². The van der Waals surface area contributed by atoms with Crippen LogP contribution in [0.4, 0.5) is 5.69 Å². The summed E-state index contributed by atoms with van der Waals surface area (Å²) in [5, 5.41) is 8.97. The molecule has 1 fully saturated rings. The normalized spacial score (nSPS) is 16.4. The van der Waals surface area contributed by atoms with Crippen LogP contribution in [0.25, 0.3) is 0 Å². The molecule has 0 atom stereocenters. The van der Waals surface area contributed by atoms with Gasteiger partial charge in [0.05, 0.1) is 32.6 Å². The zero-order valence-electron chi connectivity index (χ0n) is 26.1.